The zero-order chi connectivity index (χ0) is 17.3. The fraction of sp³-hybridized carbons (Fsp3) is 0.312. The number of nitrogens with zero attached hydrogens (tertiary/aromatic N) is 4. The van der Waals surface area contributed by atoms with Gasteiger partial charge in [-0.15, -0.1) is 11.3 Å². The van der Waals surface area contributed by atoms with Crippen LogP contribution in [0.2, 0.25) is 0 Å². The fourth-order valence-electron chi connectivity index (χ4n) is 2.41. The number of thioether (sulfide) groups is 1. The van der Waals surface area contributed by atoms with Gasteiger partial charge in [0.05, 0.1) is 6.04 Å². The number of rotatable bonds is 5. The maximum Gasteiger partial charge on any atom is 0.176 e. The third-order valence-electron chi connectivity index (χ3n) is 3.94. The van der Waals surface area contributed by atoms with Crippen LogP contribution in [0.25, 0.3) is 10.3 Å². The number of aromatic nitrogens is 3. The first-order chi connectivity index (χ1) is 11.5. The fourth-order valence-corrected chi connectivity index (χ4v) is 4.47. The van der Waals surface area contributed by atoms with E-state index in [-0.39, 0.29) is 6.04 Å². The van der Waals surface area contributed by atoms with Crippen LogP contribution in [0.4, 0.5) is 5.82 Å². The van der Waals surface area contributed by atoms with Gasteiger partial charge in [-0.05, 0) is 30.9 Å². The Hall–Kier alpha value is -1.51. The second-order valence-electron chi connectivity index (χ2n) is 5.34. The van der Waals surface area contributed by atoms with Crippen molar-refractivity contribution in [2.75, 3.05) is 24.5 Å². The molecule has 0 aliphatic rings. The van der Waals surface area contributed by atoms with Crippen LogP contribution < -0.4 is 4.90 Å². The normalized spacial score (nSPS) is 13.8. The van der Waals surface area contributed by atoms with Crippen LogP contribution in [0, 0.1) is 0 Å². The number of benzene rings is 1. The molecule has 0 bridgehead atoms. The van der Waals surface area contributed by atoms with Gasteiger partial charge in [0.25, 0.3) is 0 Å². The Kier molecular flexibility index (Phi) is 5.17. The lowest BCUT2D eigenvalue weighted by Crippen LogP contribution is -2.22. The Labute approximate surface area is 152 Å². The van der Waals surface area contributed by atoms with Gasteiger partial charge in [-0.3, -0.25) is 4.21 Å². The van der Waals surface area contributed by atoms with Crippen molar-refractivity contribution in [1.29, 1.82) is 0 Å². The summed E-state index contributed by atoms with van der Waals surface area (Å²) in [4.78, 5) is 16.2. The highest BCUT2D eigenvalue weighted by atomic mass is 32.2. The van der Waals surface area contributed by atoms with Crippen LogP contribution in [0.5, 0.6) is 0 Å². The molecule has 3 rings (SSSR count). The lowest BCUT2D eigenvalue weighted by Gasteiger charge is -2.26. The standard InChI is InChI=1S/C16H18N4OS3/c1-10(11-5-7-12(8-6-11)24(4)21)20(2)15-13-14(17-9-18-15)19-16(22-3)23-13/h5-10H,1-4H3. The molecule has 0 saturated carbocycles. The van der Waals surface area contributed by atoms with Crippen molar-refractivity contribution in [3.05, 3.63) is 36.2 Å². The van der Waals surface area contributed by atoms with Crippen LogP contribution in [0.15, 0.2) is 39.8 Å². The van der Waals surface area contributed by atoms with Gasteiger partial charge >= 0.3 is 0 Å². The summed E-state index contributed by atoms with van der Waals surface area (Å²) in [6.45, 7) is 2.13. The maximum absolute atomic E-state index is 11.5. The molecular weight excluding hydrogens is 360 g/mol. The summed E-state index contributed by atoms with van der Waals surface area (Å²) in [7, 11) is 1.07. The van der Waals surface area contributed by atoms with Crippen LogP contribution in [-0.4, -0.2) is 38.7 Å². The zero-order valence-electron chi connectivity index (χ0n) is 13.9. The van der Waals surface area contributed by atoms with Crippen LogP contribution in [0.3, 0.4) is 0 Å². The average molecular weight is 379 g/mol. The summed E-state index contributed by atoms with van der Waals surface area (Å²) in [5.41, 5.74) is 1.89. The summed E-state index contributed by atoms with van der Waals surface area (Å²) in [5.74, 6) is 0.883. The highest BCUT2D eigenvalue weighted by Gasteiger charge is 2.19. The van der Waals surface area contributed by atoms with E-state index in [1.807, 2.05) is 37.6 Å². The Bertz CT molecular complexity index is 879. The molecule has 8 heteroatoms. The molecule has 3 aromatic rings. The summed E-state index contributed by atoms with van der Waals surface area (Å²) < 4.78 is 13.5. The van der Waals surface area contributed by atoms with E-state index in [1.165, 1.54) is 0 Å². The third kappa shape index (κ3) is 3.31. The second-order valence-corrected chi connectivity index (χ2v) is 8.78. The molecule has 0 aliphatic carbocycles. The quantitative estimate of drug-likeness (QED) is 0.630. The molecule has 0 radical (unpaired) electrons. The smallest absolute Gasteiger partial charge is 0.176 e. The first kappa shape index (κ1) is 17.3. The minimum Gasteiger partial charge on any atom is -0.352 e. The highest BCUT2D eigenvalue weighted by Crippen LogP contribution is 2.35. The topological polar surface area (TPSA) is 59.0 Å². The van der Waals surface area contributed by atoms with E-state index in [9.17, 15) is 4.21 Å². The first-order valence-electron chi connectivity index (χ1n) is 7.33. The molecule has 2 heterocycles. The molecule has 0 spiro atoms. The first-order valence-corrected chi connectivity index (χ1v) is 10.9. The van der Waals surface area contributed by atoms with Gasteiger partial charge in [-0.2, -0.15) is 0 Å². The number of fused-ring (bicyclic) bond motifs is 1. The number of hydrogen-bond acceptors (Lipinski definition) is 7. The molecule has 24 heavy (non-hydrogen) atoms. The van der Waals surface area contributed by atoms with Gasteiger partial charge in [0.1, 0.15) is 11.0 Å². The van der Waals surface area contributed by atoms with Crippen molar-refractivity contribution in [3.8, 4) is 0 Å². The van der Waals surface area contributed by atoms with Gasteiger partial charge in [0.2, 0.25) is 0 Å². The van der Waals surface area contributed by atoms with Gasteiger partial charge in [-0.25, -0.2) is 15.0 Å². The molecule has 0 fully saturated rings. The molecule has 5 nitrogen and oxygen atoms in total. The van der Waals surface area contributed by atoms with Crippen molar-refractivity contribution in [3.63, 3.8) is 0 Å². The second kappa shape index (κ2) is 7.16. The van der Waals surface area contributed by atoms with Gasteiger partial charge in [-0.1, -0.05) is 23.9 Å². The Morgan fingerprint density at radius 1 is 1.25 bits per heavy atom. The van der Waals surface area contributed by atoms with Crippen LogP contribution in [-0.2, 0) is 10.8 Å². The summed E-state index contributed by atoms with van der Waals surface area (Å²) >= 11 is 3.23. The minimum absolute atomic E-state index is 0.127. The minimum atomic E-state index is -0.957. The molecule has 0 saturated heterocycles. The zero-order valence-corrected chi connectivity index (χ0v) is 16.3. The van der Waals surface area contributed by atoms with Crippen LogP contribution in [0.1, 0.15) is 18.5 Å². The monoisotopic (exact) mass is 378 g/mol. The SMILES string of the molecule is CSc1nc2ncnc(N(C)C(C)c3ccc(S(C)=O)cc3)c2s1. The predicted molar refractivity (Wildman–Crippen MR) is 103 cm³/mol. The maximum atomic E-state index is 11.5. The molecule has 0 N–H and O–H groups in total. The number of thiazole rings is 1. The number of hydrogen-bond donors (Lipinski definition) is 0. The largest absolute Gasteiger partial charge is 0.352 e. The van der Waals surface area contributed by atoms with E-state index in [4.69, 9.17) is 0 Å². The van der Waals surface area contributed by atoms with E-state index < -0.39 is 10.8 Å². The van der Waals surface area contributed by atoms with Crippen molar-refractivity contribution in [2.24, 2.45) is 0 Å². The highest BCUT2D eigenvalue weighted by molar-refractivity contribution is 8.00. The summed E-state index contributed by atoms with van der Waals surface area (Å²) in [5, 5.41) is 0. The van der Waals surface area contributed by atoms with Gasteiger partial charge in [0.15, 0.2) is 15.8 Å². The lowest BCUT2D eigenvalue weighted by molar-refractivity contribution is 0.686. The van der Waals surface area contributed by atoms with Crippen molar-refractivity contribution in [1.82, 2.24) is 15.0 Å². The van der Waals surface area contributed by atoms with E-state index in [0.29, 0.717) is 0 Å². The van der Waals surface area contributed by atoms with Crippen molar-refractivity contribution < 1.29 is 4.21 Å². The van der Waals surface area contributed by atoms with Crippen molar-refractivity contribution in [2.45, 2.75) is 22.2 Å². The Morgan fingerprint density at radius 3 is 2.58 bits per heavy atom. The molecule has 2 aromatic heterocycles. The van der Waals surface area contributed by atoms with E-state index in [2.05, 4.69) is 26.8 Å². The molecule has 2 unspecified atom stereocenters. The Morgan fingerprint density at radius 2 is 1.96 bits per heavy atom. The lowest BCUT2D eigenvalue weighted by atomic mass is 10.1. The molecule has 0 amide bonds. The Balaban J connectivity index is 1.94. The molecule has 2 atom stereocenters. The average Bonchev–Trinajstić information content (AvgIpc) is 3.03. The number of anilines is 1. The van der Waals surface area contributed by atoms with Gasteiger partial charge in [0, 0.05) is 29.0 Å². The third-order valence-corrected chi connectivity index (χ3v) is 6.90. The van der Waals surface area contributed by atoms with Gasteiger partial charge < -0.3 is 4.90 Å². The summed E-state index contributed by atoms with van der Waals surface area (Å²) in [6.07, 6.45) is 5.26. The predicted octanol–water partition coefficient (Wildman–Crippen LogP) is 3.74. The molecular formula is C16H18N4OS3. The molecule has 0 aliphatic heterocycles. The molecule has 1 aromatic carbocycles. The van der Waals surface area contributed by atoms with E-state index in [0.717, 1.165) is 31.0 Å². The van der Waals surface area contributed by atoms with E-state index in [1.54, 1.807) is 35.7 Å². The molecule has 126 valence electrons. The van der Waals surface area contributed by atoms with Crippen molar-refractivity contribution >= 4 is 50.1 Å². The van der Waals surface area contributed by atoms with E-state index >= 15 is 0 Å². The summed E-state index contributed by atoms with van der Waals surface area (Å²) in [6, 6.07) is 8.02. The van der Waals surface area contributed by atoms with Crippen LogP contribution >= 0.6 is 23.1 Å².